The van der Waals surface area contributed by atoms with E-state index in [0.717, 1.165) is 12.3 Å². The average molecular weight is 412 g/mol. The van der Waals surface area contributed by atoms with Crippen LogP contribution in [-0.2, 0) is 21.4 Å². The molecule has 2 aromatic rings. The highest BCUT2D eigenvalue weighted by molar-refractivity contribution is 5.95. The molecule has 2 aliphatic carbocycles. The number of benzene rings is 1. The van der Waals surface area contributed by atoms with E-state index in [0.29, 0.717) is 29.6 Å². The summed E-state index contributed by atoms with van der Waals surface area (Å²) < 4.78 is 8.58. The topological polar surface area (TPSA) is 82.3 Å². The van der Waals surface area contributed by atoms with Crippen molar-refractivity contribution in [2.75, 3.05) is 5.32 Å². The Morgan fingerprint density at radius 3 is 2.57 bits per heavy atom. The minimum absolute atomic E-state index is 0.197. The maximum absolute atomic E-state index is 12.9. The van der Waals surface area contributed by atoms with Gasteiger partial charge in [0.15, 0.2) is 6.10 Å². The molecule has 1 aromatic carbocycles. The molecule has 0 spiro atoms. The lowest BCUT2D eigenvalue weighted by atomic mass is 9.86. The molecule has 2 saturated carbocycles. The zero-order chi connectivity index (χ0) is 21.4. The van der Waals surface area contributed by atoms with Crippen molar-refractivity contribution in [2.24, 2.45) is 24.8 Å². The Labute approximate surface area is 176 Å². The molecule has 0 radical (unpaired) electrons. The Morgan fingerprint density at radius 1 is 1.20 bits per heavy atom. The van der Waals surface area contributed by atoms with Crippen molar-refractivity contribution in [3.05, 3.63) is 46.4 Å². The van der Waals surface area contributed by atoms with E-state index in [1.165, 1.54) is 23.9 Å². The van der Waals surface area contributed by atoms with Crippen LogP contribution >= 0.6 is 0 Å². The van der Waals surface area contributed by atoms with Crippen LogP contribution in [0, 0.1) is 24.7 Å². The molecule has 2 bridgehead atoms. The molecule has 1 amide bonds. The van der Waals surface area contributed by atoms with E-state index < -0.39 is 12.0 Å². The number of hydrogen-bond donors (Lipinski definition) is 1. The van der Waals surface area contributed by atoms with Gasteiger partial charge in [0.25, 0.3) is 11.5 Å². The van der Waals surface area contributed by atoms with E-state index in [4.69, 9.17) is 4.74 Å². The van der Waals surface area contributed by atoms with Gasteiger partial charge in [-0.3, -0.25) is 19.1 Å². The van der Waals surface area contributed by atoms with Crippen LogP contribution in [0.1, 0.15) is 44.7 Å². The average Bonchev–Trinajstić information content (AvgIpc) is 3.39. The molecule has 160 valence electrons. The molecular weight excluding hydrogens is 382 g/mol. The normalized spacial score (nSPS) is 23.4. The summed E-state index contributed by atoms with van der Waals surface area (Å²) in [7, 11) is 1.76. The third kappa shape index (κ3) is 3.80. The van der Waals surface area contributed by atoms with Crippen molar-refractivity contribution in [3.8, 4) is 5.69 Å². The van der Waals surface area contributed by atoms with Crippen molar-refractivity contribution in [3.63, 3.8) is 0 Å². The first-order chi connectivity index (χ1) is 14.3. The molecule has 1 heterocycles. The van der Waals surface area contributed by atoms with Crippen LogP contribution < -0.4 is 10.9 Å². The van der Waals surface area contributed by atoms with Gasteiger partial charge in [-0.1, -0.05) is 24.6 Å². The summed E-state index contributed by atoms with van der Waals surface area (Å²) in [5.74, 6) is 0.960. The lowest BCUT2D eigenvalue weighted by molar-refractivity contribution is -0.154. The number of para-hydroxylation sites is 1. The number of carbonyl (C=O) groups excluding carboxylic acids is 2. The first-order valence-corrected chi connectivity index (χ1v) is 10.7. The van der Waals surface area contributed by atoms with E-state index in [2.05, 4.69) is 5.32 Å². The molecule has 4 rings (SSSR count). The fourth-order valence-corrected chi connectivity index (χ4v) is 5.08. The number of fused-ring (bicyclic) bond motifs is 2. The van der Waals surface area contributed by atoms with Crippen molar-refractivity contribution >= 4 is 17.6 Å². The summed E-state index contributed by atoms with van der Waals surface area (Å²) in [5, 5.41) is 2.66. The maximum atomic E-state index is 12.9. The number of amides is 1. The smallest absolute Gasteiger partial charge is 0.306 e. The fourth-order valence-electron chi connectivity index (χ4n) is 5.08. The Hall–Kier alpha value is -2.83. The number of nitrogens with zero attached hydrogens (tertiary/aromatic N) is 2. The van der Waals surface area contributed by atoms with Crippen molar-refractivity contribution in [1.82, 2.24) is 9.36 Å². The predicted molar refractivity (Wildman–Crippen MR) is 113 cm³/mol. The van der Waals surface area contributed by atoms with Gasteiger partial charge in [-0.05, 0) is 63.0 Å². The molecule has 0 unspecified atom stereocenters. The van der Waals surface area contributed by atoms with Crippen LogP contribution in [-0.4, -0.2) is 27.3 Å². The van der Waals surface area contributed by atoms with Crippen LogP contribution in [0.4, 0.5) is 5.69 Å². The molecule has 1 aromatic heterocycles. The number of nitrogens with one attached hydrogen (secondary N) is 1. The van der Waals surface area contributed by atoms with Gasteiger partial charge in [0, 0.05) is 13.5 Å². The number of aromatic nitrogens is 2. The first kappa shape index (κ1) is 20.4. The Kier molecular flexibility index (Phi) is 5.54. The van der Waals surface area contributed by atoms with Crippen LogP contribution in [0.5, 0.6) is 0 Å². The van der Waals surface area contributed by atoms with Crippen molar-refractivity contribution in [2.45, 2.75) is 52.1 Å². The lowest BCUT2D eigenvalue weighted by Crippen LogP contribution is -2.32. The molecule has 7 nitrogen and oxygen atoms in total. The molecule has 4 atom stereocenters. The number of esters is 1. The Balaban J connectivity index is 1.41. The minimum atomic E-state index is -0.958. The van der Waals surface area contributed by atoms with Crippen LogP contribution in [0.25, 0.3) is 5.69 Å². The third-order valence-electron chi connectivity index (χ3n) is 6.79. The van der Waals surface area contributed by atoms with Crippen molar-refractivity contribution < 1.29 is 14.3 Å². The summed E-state index contributed by atoms with van der Waals surface area (Å²) in [6.45, 7) is 3.31. The largest absolute Gasteiger partial charge is 0.453 e. The third-order valence-corrected chi connectivity index (χ3v) is 6.79. The highest BCUT2D eigenvalue weighted by atomic mass is 16.5. The number of carbonyl (C=O) groups is 2. The molecule has 2 aliphatic rings. The lowest BCUT2D eigenvalue weighted by Gasteiger charge is -2.21. The quantitative estimate of drug-likeness (QED) is 0.740. The van der Waals surface area contributed by atoms with Gasteiger partial charge in [-0.2, -0.15) is 0 Å². The van der Waals surface area contributed by atoms with Gasteiger partial charge in [-0.25, -0.2) is 4.68 Å². The monoisotopic (exact) mass is 411 g/mol. The van der Waals surface area contributed by atoms with Crippen LogP contribution in [0.15, 0.2) is 35.1 Å². The van der Waals surface area contributed by atoms with Crippen molar-refractivity contribution in [1.29, 1.82) is 0 Å². The van der Waals surface area contributed by atoms with Gasteiger partial charge in [0.05, 0.1) is 11.4 Å². The molecule has 0 saturated heterocycles. The first-order valence-electron chi connectivity index (χ1n) is 10.7. The van der Waals surface area contributed by atoms with Gasteiger partial charge < -0.3 is 10.1 Å². The summed E-state index contributed by atoms with van der Waals surface area (Å²) in [4.78, 5) is 37.9. The second-order valence-corrected chi connectivity index (χ2v) is 8.70. The predicted octanol–water partition coefficient (Wildman–Crippen LogP) is 3.18. The fraction of sp³-hybridized carbons (Fsp3) is 0.522. The summed E-state index contributed by atoms with van der Waals surface area (Å²) in [6, 6.07) is 9.22. The standard InChI is InChI=1S/C23H29N3O4/c1-14-21(23(29)26(25(14)3)19-7-5-4-6-8-19)24-22(28)15(2)30-20(27)13-18-12-16-9-10-17(18)11-16/h4-8,15-18H,9-13H2,1-3H3,(H,24,28)/t15-,16-,17-,18+/m0/s1. The van der Waals surface area contributed by atoms with Gasteiger partial charge in [0.1, 0.15) is 5.69 Å². The molecule has 0 aliphatic heterocycles. The highest BCUT2D eigenvalue weighted by Gasteiger charge is 2.40. The number of rotatable bonds is 6. The van der Waals surface area contributed by atoms with E-state index in [1.54, 1.807) is 25.6 Å². The van der Waals surface area contributed by atoms with E-state index >= 15 is 0 Å². The molecule has 30 heavy (non-hydrogen) atoms. The summed E-state index contributed by atoms with van der Waals surface area (Å²) in [6.07, 6.45) is 4.24. The van der Waals surface area contributed by atoms with E-state index in [1.807, 2.05) is 30.3 Å². The maximum Gasteiger partial charge on any atom is 0.306 e. The highest BCUT2D eigenvalue weighted by Crippen LogP contribution is 2.49. The van der Waals surface area contributed by atoms with Crippen LogP contribution in [0.2, 0.25) is 0 Å². The molecule has 7 heteroatoms. The van der Waals surface area contributed by atoms with Crippen LogP contribution in [0.3, 0.4) is 0 Å². The summed E-state index contributed by atoms with van der Waals surface area (Å²) in [5.41, 5.74) is 1.20. The minimum Gasteiger partial charge on any atom is -0.453 e. The zero-order valence-electron chi connectivity index (χ0n) is 17.8. The zero-order valence-corrected chi connectivity index (χ0v) is 17.8. The summed E-state index contributed by atoms with van der Waals surface area (Å²) >= 11 is 0. The van der Waals surface area contributed by atoms with E-state index in [9.17, 15) is 14.4 Å². The van der Waals surface area contributed by atoms with Gasteiger partial charge >= 0.3 is 5.97 Å². The second kappa shape index (κ2) is 8.13. The second-order valence-electron chi connectivity index (χ2n) is 8.70. The number of anilines is 1. The Morgan fingerprint density at radius 2 is 1.93 bits per heavy atom. The number of hydrogen-bond acceptors (Lipinski definition) is 4. The molecule has 2 fully saturated rings. The molecular formula is C23H29N3O4. The van der Waals surface area contributed by atoms with E-state index in [-0.39, 0.29) is 17.2 Å². The number of ether oxygens (including phenoxy) is 1. The SMILES string of the molecule is Cc1c(NC(=O)[C@H](C)OC(=O)C[C@H]2C[C@H]3CC[C@H]2C3)c(=O)n(-c2ccccc2)n1C. The molecule has 1 N–H and O–H groups in total. The van der Waals surface area contributed by atoms with Gasteiger partial charge in [-0.15, -0.1) is 0 Å². The Bertz CT molecular complexity index is 1010. The van der Waals surface area contributed by atoms with Gasteiger partial charge in [0.2, 0.25) is 0 Å².